The fraction of sp³-hybridized carbons (Fsp3) is 1.00. The topological polar surface area (TPSA) is 76.7 Å². The summed E-state index contributed by atoms with van der Waals surface area (Å²) >= 11 is 0. The number of hydrogen-bond acceptors (Lipinski definition) is 5. The van der Waals surface area contributed by atoms with Crippen LogP contribution in [0, 0.1) is 0 Å². The molecular weight excluding hydrogens is 208 g/mol. The molecule has 0 radical (unpaired) electrons. The van der Waals surface area contributed by atoms with E-state index < -0.39 is 6.10 Å². The van der Waals surface area contributed by atoms with E-state index in [9.17, 15) is 5.11 Å². The molecule has 5 nitrogen and oxygen atoms in total. The van der Waals surface area contributed by atoms with Gasteiger partial charge in [-0.2, -0.15) is 0 Å². The van der Waals surface area contributed by atoms with Gasteiger partial charge in [0.2, 0.25) is 0 Å². The van der Waals surface area contributed by atoms with Gasteiger partial charge in [0.1, 0.15) is 0 Å². The van der Waals surface area contributed by atoms with Crippen molar-refractivity contribution in [3.05, 3.63) is 0 Å². The zero-order valence-corrected chi connectivity index (χ0v) is 9.86. The van der Waals surface area contributed by atoms with Crippen molar-refractivity contribution in [2.75, 3.05) is 39.5 Å². The SMILES string of the molecule is NCCCNCC(O)COCC1CCCO1. The Balaban J connectivity index is 1.87. The molecule has 2 unspecified atom stereocenters. The molecule has 0 amide bonds. The Morgan fingerprint density at radius 2 is 2.44 bits per heavy atom. The van der Waals surface area contributed by atoms with Crippen molar-refractivity contribution in [3.8, 4) is 0 Å². The number of nitrogens with two attached hydrogens (primary N) is 1. The van der Waals surface area contributed by atoms with Crippen molar-refractivity contribution in [2.45, 2.75) is 31.5 Å². The highest BCUT2D eigenvalue weighted by atomic mass is 16.5. The lowest BCUT2D eigenvalue weighted by Crippen LogP contribution is -2.32. The van der Waals surface area contributed by atoms with E-state index in [-0.39, 0.29) is 6.10 Å². The van der Waals surface area contributed by atoms with Crippen LogP contribution in [-0.2, 0) is 9.47 Å². The lowest BCUT2D eigenvalue weighted by Gasteiger charge is -2.14. The summed E-state index contributed by atoms with van der Waals surface area (Å²) in [4.78, 5) is 0. The zero-order chi connectivity index (χ0) is 11.6. The Morgan fingerprint density at radius 3 is 3.12 bits per heavy atom. The van der Waals surface area contributed by atoms with Gasteiger partial charge in [0.25, 0.3) is 0 Å². The molecule has 16 heavy (non-hydrogen) atoms. The van der Waals surface area contributed by atoms with Gasteiger partial charge in [-0.25, -0.2) is 0 Å². The lowest BCUT2D eigenvalue weighted by molar-refractivity contribution is -0.0163. The molecule has 1 rings (SSSR count). The molecule has 4 N–H and O–H groups in total. The molecule has 1 fully saturated rings. The van der Waals surface area contributed by atoms with E-state index in [1.54, 1.807) is 0 Å². The summed E-state index contributed by atoms with van der Waals surface area (Å²) in [6.07, 6.45) is 2.92. The average molecular weight is 232 g/mol. The van der Waals surface area contributed by atoms with Crippen LogP contribution in [0.2, 0.25) is 0 Å². The molecule has 1 heterocycles. The Morgan fingerprint density at radius 1 is 1.56 bits per heavy atom. The van der Waals surface area contributed by atoms with E-state index in [1.165, 1.54) is 0 Å². The molecule has 0 bridgehead atoms. The summed E-state index contributed by atoms with van der Waals surface area (Å²) in [5.41, 5.74) is 5.35. The van der Waals surface area contributed by atoms with Gasteiger partial charge in [-0.1, -0.05) is 0 Å². The van der Waals surface area contributed by atoms with Crippen molar-refractivity contribution in [3.63, 3.8) is 0 Å². The number of rotatable bonds is 9. The highest BCUT2D eigenvalue weighted by Crippen LogP contribution is 2.11. The number of nitrogens with one attached hydrogen (secondary N) is 1. The maximum absolute atomic E-state index is 9.56. The van der Waals surface area contributed by atoms with E-state index in [1.807, 2.05) is 0 Å². The van der Waals surface area contributed by atoms with Gasteiger partial charge in [0, 0.05) is 13.2 Å². The smallest absolute Gasteiger partial charge is 0.0897 e. The third kappa shape index (κ3) is 6.40. The minimum Gasteiger partial charge on any atom is -0.389 e. The molecule has 0 saturated carbocycles. The van der Waals surface area contributed by atoms with Crippen LogP contribution in [0.1, 0.15) is 19.3 Å². The molecule has 5 heteroatoms. The third-order valence-electron chi connectivity index (χ3n) is 2.58. The minimum absolute atomic E-state index is 0.234. The maximum Gasteiger partial charge on any atom is 0.0897 e. The van der Waals surface area contributed by atoms with E-state index in [0.29, 0.717) is 26.3 Å². The molecule has 0 spiro atoms. The van der Waals surface area contributed by atoms with Gasteiger partial charge in [0.15, 0.2) is 0 Å². The summed E-state index contributed by atoms with van der Waals surface area (Å²) in [6, 6.07) is 0. The first-order valence-corrected chi connectivity index (χ1v) is 6.11. The average Bonchev–Trinajstić information content (AvgIpc) is 2.77. The van der Waals surface area contributed by atoms with Crippen LogP contribution in [0.4, 0.5) is 0 Å². The molecular formula is C11H24N2O3. The molecule has 0 aromatic carbocycles. The molecule has 1 aliphatic rings. The van der Waals surface area contributed by atoms with Gasteiger partial charge in [-0.3, -0.25) is 0 Å². The minimum atomic E-state index is -0.445. The first-order valence-electron chi connectivity index (χ1n) is 6.11. The Hall–Kier alpha value is -0.200. The van der Waals surface area contributed by atoms with Crippen molar-refractivity contribution >= 4 is 0 Å². The second-order valence-electron chi connectivity index (χ2n) is 4.17. The van der Waals surface area contributed by atoms with Crippen molar-refractivity contribution in [1.82, 2.24) is 5.32 Å². The number of hydrogen-bond donors (Lipinski definition) is 3. The summed E-state index contributed by atoms with van der Waals surface area (Å²) in [7, 11) is 0. The molecule has 1 aliphatic heterocycles. The third-order valence-corrected chi connectivity index (χ3v) is 2.58. The van der Waals surface area contributed by atoms with Crippen LogP contribution >= 0.6 is 0 Å². The van der Waals surface area contributed by atoms with Gasteiger partial charge >= 0.3 is 0 Å². The molecule has 2 atom stereocenters. The fourth-order valence-corrected chi connectivity index (χ4v) is 1.67. The van der Waals surface area contributed by atoms with Gasteiger partial charge < -0.3 is 25.6 Å². The van der Waals surface area contributed by atoms with Gasteiger partial charge in [-0.05, 0) is 32.4 Å². The molecule has 0 aliphatic carbocycles. The predicted octanol–water partition coefficient (Wildman–Crippen LogP) is -0.519. The maximum atomic E-state index is 9.56. The monoisotopic (exact) mass is 232 g/mol. The van der Waals surface area contributed by atoms with Crippen LogP contribution in [-0.4, -0.2) is 56.8 Å². The first-order chi connectivity index (χ1) is 7.83. The van der Waals surface area contributed by atoms with E-state index in [2.05, 4.69) is 5.32 Å². The van der Waals surface area contributed by atoms with Crippen LogP contribution in [0.15, 0.2) is 0 Å². The van der Waals surface area contributed by atoms with Crippen LogP contribution in [0.25, 0.3) is 0 Å². The molecule has 0 aromatic rings. The Bertz CT molecular complexity index is 163. The second kappa shape index (κ2) is 8.90. The largest absolute Gasteiger partial charge is 0.389 e. The van der Waals surface area contributed by atoms with E-state index in [4.69, 9.17) is 15.2 Å². The molecule has 0 aromatic heterocycles. The summed E-state index contributed by atoms with van der Waals surface area (Å²) in [5, 5.41) is 12.7. The Labute approximate surface area is 97.3 Å². The quantitative estimate of drug-likeness (QED) is 0.466. The highest BCUT2D eigenvalue weighted by Gasteiger charge is 2.15. The van der Waals surface area contributed by atoms with Gasteiger partial charge in [-0.15, -0.1) is 0 Å². The summed E-state index contributed by atoms with van der Waals surface area (Å²) < 4.78 is 10.8. The first kappa shape index (κ1) is 13.9. The summed E-state index contributed by atoms with van der Waals surface area (Å²) in [6.45, 7) is 3.90. The standard InChI is InChI=1S/C11H24N2O3/c12-4-2-5-13-7-10(14)8-15-9-11-3-1-6-16-11/h10-11,13-14H,1-9,12H2. The van der Waals surface area contributed by atoms with E-state index >= 15 is 0 Å². The fourth-order valence-electron chi connectivity index (χ4n) is 1.67. The van der Waals surface area contributed by atoms with Crippen molar-refractivity contribution in [1.29, 1.82) is 0 Å². The molecule has 96 valence electrons. The molecule has 1 saturated heterocycles. The van der Waals surface area contributed by atoms with E-state index in [0.717, 1.165) is 32.4 Å². The van der Waals surface area contributed by atoms with Crippen LogP contribution in [0.3, 0.4) is 0 Å². The van der Waals surface area contributed by atoms with Gasteiger partial charge in [0.05, 0.1) is 25.4 Å². The summed E-state index contributed by atoms with van der Waals surface area (Å²) in [5.74, 6) is 0. The normalized spacial score (nSPS) is 22.5. The predicted molar refractivity (Wildman–Crippen MR) is 62.3 cm³/mol. The number of aliphatic hydroxyl groups excluding tert-OH is 1. The van der Waals surface area contributed by atoms with Crippen LogP contribution < -0.4 is 11.1 Å². The number of ether oxygens (including phenoxy) is 2. The lowest BCUT2D eigenvalue weighted by atomic mass is 10.2. The van der Waals surface area contributed by atoms with Crippen molar-refractivity contribution in [2.24, 2.45) is 5.73 Å². The Kier molecular flexibility index (Phi) is 7.71. The highest BCUT2D eigenvalue weighted by molar-refractivity contribution is 4.64. The van der Waals surface area contributed by atoms with Crippen molar-refractivity contribution < 1.29 is 14.6 Å². The van der Waals surface area contributed by atoms with Crippen LogP contribution in [0.5, 0.6) is 0 Å². The second-order valence-corrected chi connectivity index (χ2v) is 4.17. The number of aliphatic hydroxyl groups is 1. The zero-order valence-electron chi connectivity index (χ0n) is 9.86.